The van der Waals surface area contributed by atoms with Crippen LogP contribution in [0.4, 0.5) is 22.0 Å². The lowest BCUT2D eigenvalue weighted by Gasteiger charge is -2.31. The minimum absolute atomic E-state index is 0.0490. The number of carbonyl (C=O) groups excluding carboxylic acids is 1. The van der Waals surface area contributed by atoms with Gasteiger partial charge in [-0.1, -0.05) is 30.3 Å². The van der Waals surface area contributed by atoms with Crippen LogP contribution in [0.5, 0.6) is 5.75 Å². The van der Waals surface area contributed by atoms with E-state index in [1.54, 1.807) is 0 Å². The van der Waals surface area contributed by atoms with Crippen LogP contribution >= 0.6 is 11.6 Å². The van der Waals surface area contributed by atoms with E-state index >= 15 is 0 Å². The second-order valence-corrected chi connectivity index (χ2v) is 9.75. The third-order valence-corrected chi connectivity index (χ3v) is 7.06. The molecule has 0 bridgehead atoms. The van der Waals surface area contributed by atoms with Gasteiger partial charge in [0.1, 0.15) is 16.7 Å². The zero-order chi connectivity index (χ0) is 27.3. The Bertz CT molecular complexity index is 1250. The second kappa shape index (κ2) is 11.8. The fraction of sp³-hybridized carbons (Fsp3) is 0.261. The summed E-state index contributed by atoms with van der Waals surface area (Å²) in [5.74, 6) is -3.53. The molecule has 6 nitrogen and oxygen atoms in total. The molecule has 0 aromatic heterocycles. The maximum atomic E-state index is 13.6. The molecule has 0 aliphatic rings. The second-order valence-electron chi connectivity index (χ2n) is 7.45. The Morgan fingerprint density at radius 1 is 1.19 bits per heavy atom. The summed E-state index contributed by atoms with van der Waals surface area (Å²) in [5.41, 5.74) is -1.31. The van der Waals surface area contributed by atoms with Crippen LogP contribution in [0.3, 0.4) is 0 Å². The van der Waals surface area contributed by atoms with Gasteiger partial charge < -0.3 is 10.1 Å². The molecule has 1 N–H and O–H groups in total. The van der Waals surface area contributed by atoms with Gasteiger partial charge in [0.05, 0.1) is 7.11 Å². The summed E-state index contributed by atoms with van der Waals surface area (Å²) in [7, 11) is -3.69. The number of nitrogens with zero attached hydrogens (tertiary/aromatic N) is 1. The quantitative estimate of drug-likeness (QED) is 0.315. The summed E-state index contributed by atoms with van der Waals surface area (Å²) in [6.45, 7) is 4.72. The summed E-state index contributed by atoms with van der Waals surface area (Å²) in [6, 6.07) is 4.59. The van der Waals surface area contributed by atoms with Gasteiger partial charge in [-0.3, -0.25) is 4.79 Å². The highest BCUT2D eigenvalue weighted by Gasteiger charge is 2.41. The Balaban J connectivity index is 2.52. The van der Waals surface area contributed by atoms with E-state index in [0.29, 0.717) is 4.31 Å². The zero-order valence-electron chi connectivity index (χ0n) is 18.9. The lowest BCUT2D eigenvalue weighted by atomic mass is 10.1. The predicted octanol–water partition coefficient (Wildman–Crippen LogP) is 5.00. The van der Waals surface area contributed by atoms with Crippen LogP contribution in [0.25, 0.3) is 0 Å². The predicted molar refractivity (Wildman–Crippen MR) is 124 cm³/mol. The van der Waals surface area contributed by atoms with Crippen molar-refractivity contribution in [1.29, 1.82) is 0 Å². The number of sulfonamides is 1. The molecule has 0 fully saturated rings. The van der Waals surface area contributed by atoms with Gasteiger partial charge in [0.15, 0.2) is 11.6 Å². The normalized spacial score (nSPS) is 12.8. The number of hydrogen-bond acceptors (Lipinski definition) is 4. The van der Waals surface area contributed by atoms with Gasteiger partial charge in [-0.15, -0.1) is 6.58 Å². The summed E-state index contributed by atoms with van der Waals surface area (Å²) >= 11 is 5.92. The van der Waals surface area contributed by atoms with Crippen molar-refractivity contribution in [2.45, 2.75) is 30.1 Å². The molecule has 0 saturated carbocycles. The molecule has 0 aliphatic heterocycles. The van der Waals surface area contributed by atoms with E-state index in [4.69, 9.17) is 16.3 Å². The number of alkyl halides is 3. The van der Waals surface area contributed by atoms with Crippen molar-refractivity contribution in [3.63, 3.8) is 0 Å². The summed E-state index contributed by atoms with van der Waals surface area (Å²) in [4.78, 5) is 12.5. The van der Waals surface area contributed by atoms with Crippen LogP contribution in [0.2, 0.25) is 5.02 Å². The molecule has 0 spiro atoms. The highest BCUT2D eigenvalue weighted by molar-refractivity contribution is 7.89. The Hall–Kier alpha value is -2.96. The summed E-state index contributed by atoms with van der Waals surface area (Å²) < 4.78 is 99.2. The van der Waals surface area contributed by atoms with Gasteiger partial charge >= 0.3 is 6.18 Å². The van der Waals surface area contributed by atoms with Crippen LogP contribution in [0.1, 0.15) is 12.0 Å². The van der Waals surface area contributed by atoms with E-state index < -0.39 is 63.2 Å². The molecule has 196 valence electrons. The highest BCUT2D eigenvalue weighted by Crippen LogP contribution is 2.33. The molecule has 1 unspecified atom stereocenters. The SMILES string of the molecule is C=CCC(C(=O)NCc1ccc(F)c(F)c1)N(CC(=C)C(F)(F)F)S(=O)(=O)c1cc(Cl)ccc1OC. The van der Waals surface area contributed by atoms with E-state index in [0.717, 1.165) is 31.4 Å². The first kappa shape index (κ1) is 29.3. The first-order valence-electron chi connectivity index (χ1n) is 10.1. The number of halogens is 6. The largest absolute Gasteiger partial charge is 0.495 e. The van der Waals surface area contributed by atoms with Gasteiger partial charge in [0.25, 0.3) is 0 Å². The molecule has 1 amide bonds. The van der Waals surface area contributed by atoms with Crippen molar-refractivity contribution in [2.75, 3.05) is 13.7 Å². The number of benzene rings is 2. The van der Waals surface area contributed by atoms with Gasteiger partial charge in [0, 0.05) is 23.7 Å². The molecule has 0 saturated heterocycles. The molecule has 0 radical (unpaired) electrons. The number of ether oxygens (including phenoxy) is 1. The minimum Gasteiger partial charge on any atom is -0.495 e. The van der Waals surface area contributed by atoms with Gasteiger partial charge in [-0.2, -0.15) is 17.5 Å². The monoisotopic (exact) mass is 552 g/mol. The van der Waals surface area contributed by atoms with Crippen LogP contribution in [0.15, 0.2) is 66.1 Å². The zero-order valence-corrected chi connectivity index (χ0v) is 20.5. The van der Waals surface area contributed by atoms with Crippen LogP contribution in [-0.4, -0.2) is 44.5 Å². The number of carbonyl (C=O) groups is 1. The smallest absolute Gasteiger partial charge is 0.413 e. The van der Waals surface area contributed by atoms with Crippen molar-refractivity contribution in [3.8, 4) is 5.75 Å². The molecule has 2 aromatic rings. The lowest BCUT2D eigenvalue weighted by Crippen LogP contribution is -2.50. The number of methoxy groups -OCH3 is 1. The van der Waals surface area contributed by atoms with Crippen molar-refractivity contribution in [1.82, 2.24) is 9.62 Å². The van der Waals surface area contributed by atoms with Crippen molar-refractivity contribution in [2.24, 2.45) is 0 Å². The first-order chi connectivity index (χ1) is 16.7. The lowest BCUT2D eigenvalue weighted by molar-refractivity contribution is -0.125. The molecule has 36 heavy (non-hydrogen) atoms. The average Bonchev–Trinajstić information content (AvgIpc) is 2.80. The van der Waals surface area contributed by atoms with E-state index in [1.807, 2.05) is 0 Å². The molecule has 0 aliphatic carbocycles. The number of rotatable bonds is 11. The van der Waals surface area contributed by atoms with Gasteiger partial charge in [-0.05, 0) is 42.3 Å². The Kier molecular flexibility index (Phi) is 9.64. The Morgan fingerprint density at radius 2 is 1.86 bits per heavy atom. The van der Waals surface area contributed by atoms with Crippen molar-refractivity contribution < 1.29 is 39.9 Å². The molecular formula is C23H22ClF5N2O4S. The fourth-order valence-corrected chi connectivity index (χ4v) is 5.10. The molecule has 13 heteroatoms. The standard InChI is InChI=1S/C23H22ClF5N2O4S/c1-4-5-19(22(32)30-12-15-6-8-17(25)18(26)10-15)31(13-14(2)23(27,28)29)36(33,34)21-11-16(24)7-9-20(21)35-3/h4,6-11,19H,1-2,5,12-13H2,3H3,(H,30,32). The van der Waals surface area contributed by atoms with Crippen molar-refractivity contribution in [3.05, 3.63) is 83.4 Å². The van der Waals surface area contributed by atoms with Crippen molar-refractivity contribution >= 4 is 27.5 Å². The fourth-order valence-electron chi connectivity index (χ4n) is 3.09. The number of nitrogens with one attached hydrogen (secondary N) is 1. The third-order valence-electron chi connectivity index (χ3n) is 4.95. The molecule has 2 rings (SSSR count). The first-order valence-corrected chi connectivity index (χ1v) is 12.0. The van der Waals surface area contributed by atoms with Gasteiger partial charge in [-0.25, -0.2) is 17.2 Å². The maximum Gasteiger partial charge on any atom is 0.413 e. The van der Waals surface area contributed by atoms with Crippen LogP contribution in [-0.2, 0) is 21.4 Å². The van der Waals surface area contributed by atoms with Crippen LogP contribution < -0.4 is 10.1 Å². The van der Waals surface area contributed by atoms with E-state index in [-0.39, 0.29) is 22.9 Å². The summed E-state index contributed by atoms with van der Waals surface area (Å²) in [6.07, 6.45) is -4.21. The molecular weight excluding hydrogens is 531 g/mol. The average molecular weight is 553 g/mol. The Morgan fingerprint density at radius 3 is 2.42 bits per heavy atom. The number of hydrogen-bond donors (Lipinski definition) is 1. The van der Waals surface area contributed by atoms with Crippen LogP contribution in [0, 0.1) is 11.6 Å². The molecule has 2 aromatic carbocycles. The molecule has 1 atom stereocenters. The minimum atomic E-state index is -4.97. The molecule has 0 heterocycles. The summed E-state index contributed by atoms with van der Waals surface area (Å²) in [5, 5.41) is 2.29. The maximum absolute atomic E-state index is 13.6. The van der Waals surface area contributed by atoms with E-state index in [2.05, 4.69) is 18.5 Å². The number of amides is 1. The van der Waals surface area contributed by atoms with Gasteiger partial charge in [0.2, 0.25) is 15.9 Å². The Labute approximate surface area is 210 Å². The van der Waals surface area contributed by atoms with E-state index in [9.17, 15) is 35.2 Å². The van der Waals surface area contributed by atoms with E-state index in [1.165, 1.54) is 18.2 Å². The highest BCUT2D eigenvalue weighted by atomic mass is 35.5. The third kappa shape index (κ3) is 7.05. The topological polar surface area (TPSA) is 75.7 Å².